The second-order valence-electron chi connectivity index (χ2n) is 5.79. The molecule has 3 N–H and O–H groups in total. The molecule has 0 aliphatic rings. The molecule has 0 saturated carbocycles. The first-order chi connectivity index (χ1) is 12.6. The third kappa shape index (κ3) is 6.51. The predicted octanol–water partition coefficient (Wildman–Crippen LogP) is 2.27. The third-order valence-electron chi connectivity index (χ3n) is 3.69. The smallest absolute Gasteiger partial charge is 0.227 e. The lowest BCUT2D eigenvalue weighted by Gasteiger charge is -2.12. The average molecular weight is 357 g/mol. The number of guanidine groups is 1. The summed E-state index contributed by atoms with van der Waals surface area (Å²) in [6.45, 7) is 2.91. The molecule has 138 valence electrons. The van der Waals surface area contributed by atoms with Gasteiger partial charge in [-0.1, -0.05) is 24.3 Å². The van der Waals surface area contributed by atoms with Gasteiger partial charge < -0.3 is 16.0 Å². The van der Waals surface area contributed by atoms with Crippen LogP contribution in [0.2, 0.25) is 0 Å². The van der Waals surface area contributed by atoms with E-state index < -0.39 is 0 Å². The van der Waals surface area contributed by atoms with Crippen LogP contribution in [0.4, 0.5) is 10.2 Å². The predicted molar refractivity (Wildman–Crippen MR) is 102 cm³/mol. The number of anilines is 1. The first-order valence-electron chi connectivity index (χ1n) is 8.49. The van der Waals surface area contributed by atoms with Crippen LogP contribution in [0.15, 0.2) is 47.6 Å². The fraction of sp³-hybridized carbons (Fsp3) is 0.316. The van der Waals surface area contributed by atoms with E-state index in [1.807, 2.05) is 19.1 Å². The van der Waals surface area contributed by atoms with E-state index in [1.165, 1.54) is 6.07 Å². The molecule has 1 heterocycles. The molecule has 2 aromatic rings. The van der Waals surface area contributed by atoms with Crippen molar-refractivity contribution in [2.24, 2.45) is 4.99 Å². The fourth-order valence-corrected chi connectivity index (χ4v) is 2.28. The summed E-state index contributed by atoms with van der Waals surface area (Å²) in [5, 5.41) is 8.90. The Bertz CT molecular complexity index is 746. The maximum atomic E-state index is 13.6. The number of rotatable bonds is 7. The van der Waals surface area contributed by atoms with Crippen LogP contribution in [-0.2, 0) is 11.2 Å². The van der Waals surface area contributed by atoms with Crippen LogP contribution < -0.4 is 16.0 Å². The van der Waals surface area contributed by atoms with Crippen molar-refractivity contribution < 1.29 is 9.18 Å². The Morgan fingerprint density at radius 3 is 2.62 bits per heavy atom. The zero-order valence-corrected chi connectivity index (χ0v) is 15.1. The quantitative estimate of drug-likeness (QED) is 0.525. The highest BCUT2D eigenvalue weighted by atomic mass is 19.1. The zero-order valence-electron chi connectivity index (χ0n) is 15.1. The average Bonchev–Trinajstić information content (AvgIpc) is 2.64. The summed E-state index contributed by atoms with van der Waals surface area (Å²) >= 11 is 0. The molecule has 1 aromatic heterocycles. The Morgan fingerprint density at radius 1 is 1.15 bits per heavy atom. The number of aliphatic imine (C=N–C) groups is 1. The van der Waals surface area contributed by atoms with Crippen LogP contribution >= 0.6 is 0 Å². The van der Waals surface area contributed by atoms with Crippen LogP contribution in [0.25, 0.3) is 0 Å². The van der Waals surface area contributed by atoms with Crippen molar-refractivity contribution in [3.05, 3.63) is 59.5 Å². The van der Waals surface area contributed by atoms with Gasteiger partial charge >= 0.3 is 0 Å². The highest BCUT2D eigenvalue weighted by Gasteiger charge is 2.05. The molecular formula is C19H24FN5O. The SMILES string of the molecule is CN=C(NCCC(=O)Nc1ccc(C)cn1)NCCc1ccccc1F. The van der Waals surface area contributed by atoms with Gasteiger partial charge in [-0.25, -0.2) is 9.37 Å². The van der Waals surface area contributed by atoms with E-state index in [0.717, 1.165) is 5.56 Å². The molecule has 0 atom stereocenters. The number of carbonyl (C=O) groups excluding carboxylic acids is 1. The molecule has 0 fully saturated rings. The van der Waals surface area contributed by atoms with E-state index in [2.05, 4.69) is 25.9 Å². The lowest BCUT2D eigenvalue weighted by molar-refractivity contribution is -0.116. The zero-order chi connectivity index (χ0) is 18.8. The monoisotopic (exact) mass is 357 g/mol. The minimum Gasteiger partial charge on any atom is -0.356 e. The molecule has 0 aliphatic heterocycles. The van der Waals surface area contributed by atoms with Crippen LogP contribution in [0.3, 0.4) is 0 Å². The van der Waals surface area contributed by atoms with E-state index in [1.54, 1.807) is 31.4 Å². The van der Waals surface area contributed by atoms with Crippen molar-refractivity contribution >= 4 is 17.7 Å². The van der Waals surface area contributed by atoms with Crippen molar-refractivity contribution in [3.63, 3.8) is 0 Å². The van der Waals surface area contributed by atoms with Crippen LogP contribution in [-0.4, -0.2) is 37.0 Å². The maximum Gasteiger partial charge on any atom is 0.227 e. The van der Waals surface area contributed by atoms with Crippen molar-refractivity contribution in [2.75, 3.05) is 25.5 Å². The van der Waals surface area contributed by atoms with E-state index >= 15 is 0 Å². The standard InChI is InChI=1S/C19H24FN5O/c1-14-7-8-17(24-13-14)25-18(26)10-12-23-19(21-2)22-11-9-15-5-3-4-6-16(15)20/h3-8,13H,9-12H2,1-2H3,(H2,21,22,23)(H,24,25,26). The first kappa shape index (κ1) is 19.4. The van der Waals surface area contributed by atoms with Gasteiger partial charge in [0, 0.05) is 32.8 Å². The number of nitrogens with zero attached hydrogens (tertiary/aromatic N) is 2. The summed E-state index contributed by atoms with van der Waals surface area (Å²) in [4.78, 5) is 20.1. The summed E-state index contributed by atoms with van der Waals surface area (Å²) in [5.74, 6) is 0.768. The van der Waals surface area contributed by atoms with Crippen molar-refractivity contribution in [1.29, 1.82) is 0 Å². The number of carbonyl (C=O) groups is 1. The van der Waals surface area contributed by atoms with Crippen molar-refractivity contribution in [3.8, 4) is 0 Å². The third-order valence-corrected chi connectivity index (χ3v) is 3.69. The molecular weight excluding hydrogens is 333 g/mol. The van der Waals surface area contributed by atoms with E-state index in [-0.39, 0.29) is 18.1 Å². The minimum absolute atomic E-state index is 0.129. The highest BCUT2D eigenvalue weighted by Crippen LogP contribution is 2.06. The fourth-order valence-electron chi connectivity index (χ4n) is 2.28. The Hall–Kier alpha value is -2.96. The lowest BCUT2D eigenvalue weighted by atomic mass is 10.1. The van der Waals surface area contributed by atoms with E-state index in [0.29, 0.717) is 36.9 Å². The molecule has 0 saturated heterocycles. The van der Waals surface area contributed by atoms with Crippen molar-refractivity contribution in [1.82, 2.24) is 15.6 Å². The van der Waals surface area contributed by atoms with Gasteiger partial charge in [-0.05, 0) is 36.6 Å². The molecule has 0 unspecified atom stereocenters. The second-order valence-corrected chi connectivity index (χ2v) is 5.79. The lowest BCUT2D eigenvalue weighted by Crippen LogP contribution is -2.39. The molecule has 0 spiro atoms. The molecule has 7 heteroatoms. The van der Waals surface area contributed by atoms with Gasteiger partial charge in [-0.2, -0.15) is 0 Å². The largest absolute Gasteiger partial charge is 0.356 e. The Kier molecular flexibility index (Phi) is 7.54. The van der Waals surface area contributed by atoms with Gasteiger partial charge in [0.1, 0.15) is 11.6 Å². The van der Waals surface area contributed by atoms with Gasteiger partial charge in [0.15, 0.2) is 5.96 Å². The molecule has 0 aliphatic carbocycles. The van der Waals surface area contributed by atoms with Gasteiger partial charge in [0.2, 0.25) is 5.91 Å². The molecule has 1 aromatic carbocycles. The van der Waals surface area contributed by atoms with Gasteiger partial charge in [0.25, 0.3) is 0 Å². The number of pyridine rings is 1. The summed E-state index contributed by atoms with van der Waals surface area (Å²) < 4.78 is 13.6. The number of benzene rings is 1. The van der Waals surface area contributed by atoms with E-state index in [4.69, 9.17) is 0 Å². The van der Waals surface area contributed by atoms with Gasteiger partial charge in [0.05, 0.1) is 0 Å². The first-order valence-corrected chi connectivity index (χ1v) is 8.49. The van der Waals surface area contributed by atoms with Crippen molar-refractivity contribution in [2.45, 2.75) is 19.8 Å². The van der Waals surface area contributed by atoms with Crippen LogP contribution in [0.5, 0.6) is 0 Å². The number of aromatic nitrogens is 1. The number of halogens is 1. The molecule has 1 amide bonds. The Morgan fingerprint density at radius 2 is 1.92 bits per heavy atom. The summed E-state index contributed by atoms with van der Waals surface area (Å²) in [5.41, 5.74) is 1.69. The molecule has 0 radical (unpaired) electrons. The molecule has 0 bridgehead atoms. The molecule has 6 nitrogen and oxygen atoms in total. The van der Waals surface area contributed by atoms with Crippen LogP contribution in [0, 0.1) is 12.7 Å². The number of hydrogen-bond acceptors (Lipinski definition) is 3. The van der Waals surface area contributed by atoms with Gasteiger partial charge in [-0.15, -0.1) is 0 Å². The summed E-state index contributed by atoms with van der Waals surface area (Å²) in [7, 11) is 1.65. The molecule has 2 rings (SSSR count). The maximum absolute atomic E-state index is 13.6. The van der Waals surface area contributed by atoms with Crippen LogP contribution in [0.1, 0.15) is 17.5 Å². The summed E-state index contributed by atoms with van der Waals surface area (Å²) in [6, 6.07) is 10.4. The number of aryl methyl sites for hydroxylation is 1. The second kappa shape index (κ2) is 10.1. The highest BCUT2D eigenvalue weighted by molar-refractivity contribution is 5.90. The number of hydrogen-bond donors (Lipinski definition) is 3. The summed E-state index contributed by atoms with van der Waals surface area (Å²) in [6.07, 6.45) is 2.53. The Balaban J connectivity index is 1.67. The Labute approximate surface area is 152 Å². The minimum atomic E-state index is -0.210. The normalized spacial score (nSPS) is 11.1. The van der Waals surface area contributed by atoms with Gasteiger partial charge in [-0.3, -0.25) is 9.79 Å². The van der Waals surface area contributed by atoms with E-state index in [9.17, 15) is 9.18 Å². The topological polar surface area (TPSA) is 78.4 Å². The molecule has 26 heavy (non-hydrogen) atoms. The number of amides is 1. The number of nitrogens with one attached hydrogen (secondary N) is 3.